The maximum Gasteiger partial charge on any atom is 0.0917 e. The number of allylic oxidation sites excluding steroid dienone is 1. The topological polar surface area (TPSA) is 6.48 Å². The second-order valence-corrected chi connectivity index (χ2v) is 5.38. The minimum atomic E-state index is 0.266. The van der Waals surface area contributed by atoms with Crippen molar-refractivity contribution in [2.45, 2.75) is 24.4 Å². The van der Waals surface area contributed by atoms with E-state index >= 15 is 0 Å². The Kier molecular flexibility index (Phi) is 2.30. The molecule has 0 bridgehead atoms. The van der Waals surface area contributed by atoms with Gasteiger partial charge in [0.05, 0.1) is 6.17 Å². The van der Waals surface area contributed by atoms with Gasteiger partial charge in [-0.25, -0.2) is 0 Å². The fraction of sp³-hybridized carbons (Fsp3) is 0.467. The summed E-state index contributed by atoms with van der Waals surface area (Å²) in [4.78, 5) is 4.91. The summed E-state index contributed by atoms with van der Waals surface area (Å²) in [6.07, 6.45) is 4.89. The van der Waals surface area contributed by atoms with Crippen LogP contribution < -0.4 is 4.90 Å². The number of hydrogen-bond acceptors (Lipinski definition) is 2. The average Bonchev–Trinajstić information content (AvgIpc) is 2.78. The van der Waals surface area contributed by atoms with Gasteiger partial charge in [0.15, 0.2) is 0 Å². The molecule has 0 amide bonds. The predicted molar refractivity (Wildman–Crippen MR) is 72.4 cm³/mol. The number of hydrogen-bond donors (Lipinski definition) is 0. The summed E-state index contributed by atoms with van der Waals surface area (Å²) in [7, 11) is 4.45. The summed E-state index contributed by atoms with van der Waals surface area (Å²) in [5.74, 6) is 0. The van der Waals surface area contributed by atoms with Crippen molar-refractivity contribution < 1.29 is 0 Å². The van der Waals surface area contributed by atoms with Crippen LogP contribution >= 0.6 is 0 Å². The van der Waals surface area contributed by atoms with E-state index in [1.165, 1.54) is 24.2 Å². The minimum absolute atomic E-state index is 0.266. The number of anilines is 1. The molecule has 3 rings (SSSR count). The Bertz CT molecular complexity index is 454. The third kappa shape index (κ3) is 1.25. The van der Waals surface area contributed by atoms with E-state index in [2.05, 4.69) is 60.8 Å². The molecule has 0 unspecified atom stereocenters. The van der Waals surface area contributed by atoms with Gasteiger partial charge in [-0.15, -0.1) is 6.58 Å². The standard InChI is InChI=1S/C15H20N2/c1-4-9-15-10-11-16(2)14(15)17(3)13-8-6-5-7-12(13)15/h4-8,14H,1,9-11H2,2-3H3/t14-,15-/m1/s1. The molecule has 1 aromatic carbocycles. The van der Waals surface area contributed by atoms with Crippen molar-refractivity contribution in [3.05, 3.63) is 42.5 Å². The maximum atomic E-state index is 3.97. The second-order valence-electron chi connectivity index (χ2n) is 5.38. The van der Waals surface area contributed by atoms with Gasteiger partial charge in [-0.05, 0) is 31.5 Å². The van der Waals surface area contributed by atoms with Crippen LogP contribution in [-0.4, -0.2) is 31.7 Å². The molecule has 0 saturated carbocycles. The summed E-state index contributed by atoms with van der Waals surface area (Å²) < 4.78 is 0. The predicted octanol–water partition coefficient (Wildman–Crippen LogP) is 2.61. The van der Waals surface area contributed by atoms with Crippen LogP contribution in [0.15, 0.2) is 36.9 Å². The number of nitrogens with zero attached hydrogens (tertiary/aromatic N) is 2. The first-order valence-corrected chi connectivity index (χ1v) is 6.34. The van der Waals surface area contributed by atoms with Gasteiger partial charge >= 0.3 is 0 Å². The Morgan fingerprint density at radius 3 is 2.94 bits per heavy atom. The summed E-state index contributed by atoms with van der Waals surface area (Å²) in [6, 6.07) is 8.84. The van der Waals surface area contributed by atoms with Crippen molar-refractivity contribution in [3.8, 4) is 0 Å². The van der Waals surface area contributed by atoms with Gasteiger partial charge in [0.2, 0.25) is 0 Å². The quantitative estimate of drug-likeness (QED) is 0.718. The number of likely N-dealkylation sites (tertiary alicyclic amines) is 1. The zero-order valence-electron chi connectivity index (χ0n) is 10.7. The van der Waals surface area contributed by atoms with Crippen molar-refractivity contribution >= 4 is 5.69 Å². The molecule has 2 nitrogen and oxygen atoms in total. The Morgan fingerprint density at radius 1 is 1.41 bits per heavy atom. The molecule has 1 aromatic rings. The van der Waals surface area contributed by atoms with Crippen molar-refractivity contribution in [2.75, 3.05) is 25.5 Å². The van der Waals surface area contributed by atoms with E-state index < -0.39 is 0 Å². The van der Waals surface area contributed by atoms with Gasteiger partial charge in [0, 0.05) is 24.7 Å². The lowest BCUT2D eigenvalue weighted by atomic mass is 9.76. The summed E-state index contributed by atoms with van der Waals surface area (Å²) in [5.41, 5.74) is 3.17. The number of rotatable bonds is 2. The lowest BCUT2D eigenvalue weighted by Crippen LogP contribution is -2.46. The highest BCUT2D eigenvalue weighted by Gasteiger charge is 2.54. The third-order valence-corrected chi connectivity index (χ3v) is 4.52. The van der Waals surface area contributed by atoms with E-state index in [1.807, 2.05) is 0 Å². The van der Waals surface area contributed by atoms with Crippen LogP contribution in [-0.2, 0) is 5.41 Å². The van der Waals surface area contributed by atoms with Gasteiger partial charge in [-0.1, -0.05) is 24.3 Å². The smallest absolute Gasteiger partial charge is 0.0917 e. The van der Waals surface area contributed by atoms with Gasteiger partial charge in [-0.2, -0.15) is 0 Å². The largest absolute Gasteiger partial charge is 0.358 e. The molecule has 1 fully saturated rings. The molecule has 2 heterocycles. The molecular weight excluding hydrogens is 208 g/mol. The van der Waals surface area contributed by atoms with E-state index in [0.717, 1.165) is 6.42 Å². The summed E-state index contributed by atoms with van der Waals surface area (Å²) in [6.45, 7) is 5.14. The van der Waals surface area contributed by atoms with Crippen LogP contribution in [0.5, 0.6) is 0 Å². The monoisotopic (exact) mass is 228 g/mol. The Labute approximate surface area is 104 Å². The molecule has 0 radical (unpaired) electrons. The number of para-hydroxylation sites is 1. The Balaban J connectivity index is 2.18. The highest BCUT2D eigenvalue weighted by molar-refractivity contribution is 5.64. The number of likely N-dealkylation sites (N-methyl/N-ethyl adjacent to an activating group) is 2. The van der Waals surface area contributed by atoms with Crippen molar-refractivity contribution in [3.63, 3.8) is 0 Å². The number of benzene rings is 1. The molecule has 0 spiro atoms. The molecular formula is C15H20N2. The lowest BCUT2D eigenvalue weighted by molar-refractivity contribution is 0.258. The van der Waals surface area contributed by atoms with E-state index in [1.54, 1.807) is 0 Å². The zero-order valence-corrected chi connectivity index (χ0v) is 10.7. The normalized spacial score (nSPS) is 31.4. The van der Waals surface area contributed by atoms with Crippen LogP contribution in [0.1, 0.15) is 18.4 Å². The molecule has 90 valence electrons. The van der Waals surface area contributed by atoms with Gasteiger partial charge in [-0.3, -0.25) is 4.90 Å². The van der Waals surface area contributed by atoms with Crippen LogP contribution in [0, 0.1) is 0 Å². The van der Waals surface area contributed by atoms with Crippen molar-refractivity contribution in [2.24, 2.45) is 0 Å². The Morgan fingerprint density at radius 2 is 2.18 bits per heavy atom. The molecule has 2 aliphatic rings. The maximum absolute atomic E-state index is 3.97. The molecule has 0 aromatic heterocycles. The second kappa shape index (κ2) is 3.61. The fourth-order valence-electron chi connectivity index (χ4n) is 3.90. The molecule has 17 heavy (non-hydrogen) atoms. The first-order valence-electron chi connectivity index (χ1n) is 6.34. The average molecular weight is 228 g/mol. The van der Waals surface area contributed by atoms with Crippen LogP contribution in [0.2, 0.25) is 0 Å². The first kappa shape index (κ1) is 10.8. The van der Waals surface area contributed by atoms with E-state index in [4.69, 9.17) is 0 Å². The molecule has 0 N–H and O–H groups in total. The summed E-state index contributed by atoms with van der Waals surface area (Å²) in [5, 5.41) is 0. The van der Waals surface area contributed by atoms with Crippen LogP contribution in [0.3, 0.4) is 0 Å². The number of fused-ring (bicyclic) bond motifs is 3. The minimum Gasteiger partial charge on any atom is -0.358 e. The molecule has 1 saturated heterocycles. The van der Waals surface area contributed by atoms with E-state index in [9.17, 15) is 0 Å². The van der Waals surface area contributed by atoms with Gasteiger partial charge < -0.3 is 4.90 Å². The fourth-order valence-corrected chi connectivity index (χ4v) is 3.90. The molecule has 2 aliphatic heterocycles. The third-order valence-electron chi connectivity index (χ3n) is 4.52. The first-order chi connectivity index (χ1) is 8.20. The van der Waals surface area contributed by atoms with Crippen molar-refractivity contribution in [1.29, 1.82) is 0 Å². The van der Waals surface area contributed by atoms with Crippen molar-refractivity contribution in [1.82, 2.24) is 4.90 Å². The molecule has 2 heteroatoms. The molecule has 2 atom stereocenters. The lowest BCUT2D eigenvalue weighted by Gasteiger charge is -2.34. The highest BCUT2D eigenvalue weighted by atomic mass is 15.4. The van der Waals surface area contributed by atoms with Gasteiger partial charge in [0.1, 0.15) is 0 Å². The van der Waals surface area contributed by atoms with E-state index in [-0.39, 0.29) is 5.41 Å². The SMILES string of the molecule is C=CC[C@]12CCN(C)[C@@H]1N(C)c1ccccc12. The molecule has 0 aliphatic carbocycles. The van der Waals surface area contributed by atoms with Gasteiger partial charge in [0.25, 0.3) is 0 Å². The van der Waals surface area contributed by atoms with Crippen LogP contribution in [0.4, 0.5) is 5.69 Å². The highest BCUT2D eigenvalue weighted by Crippen LogP contribution is 2.52. The summed E-state index contributed by atoms with van der Waals surface area (Å²) >= 11 is 0. The van der Waals surface area contributed by atoms with E-state index in [0.29, 0.717) is 6.17 Å². The Hall–Kier alpha value is -1.28. The zero-order chi connectivity index (χ0) is 12.0. The van der Waals surface area contributed by atoms with Crippen LogP contribution in [0.25, 0.3) is 0 Å².